The predicted octanol–water partition coefficient (Wildman–Crippen LogP) is 1.44. The van der Waals surface area contributed by atoms with Gasteiger partial charge in [0.05, 0.1) is 9.79 Å². The smallest absolute Gasteiger partial charge is 0.255 e. The van der Waals surface area contributed by atoms with Crippen molar-refractivity contribution in [3.63, 3.8) is 0 Å². The number of nitrogens with one attached hydrogen (secondary N) is 1. The van der Waals surface area contributed by atoms with Crippen LogP contribution in [0.4, 0.5) is 5.69 Å². The highest BCUT2D eigenvalue weighted by molar-refractivity contribution is 7.89. The second-order valence-corrected chi connectivity index (χ2v) is 10.4. The zero-order valence-corrected chi connectivity index (χ0v) is 17.0. The summed E-state index contributed by atoms with van der Waals surface area (Å²) < 4.78 is 50.6. The first-order valence-electron chi connectivity index (χ1n) is 7.83. The molecular formula is C17H21N3O5S2. The lowest BCUT2D eigenvalue weighted by Crippen LogP contribution is -2.23. The number of rotatable bonds is 6. The minimum Gasteiger partial charge on any atom is -0.322 e. The van der Waals surface area contributed by atoms with Crippen LogP contribution in [0.5, 0.6) is 0 Å². The summed E-state index contributed by atoms with van der Waals surface area (Å²) in [5, 5.41) is 2.62. The largest absolute Gasteiger partial charge is 0.322 e. The quantitative estimate of drug-likeness (QED) is 0.775. The first-order valence-corrected chi connectivity index (χ1v) is 10.7. The van der Waals surface area contributed by atoms with Gasteiger partial charge in [0, 0.05) is 39.4 Å². The van der Waals surface area contributed by atoms with Gasteiger partial charge in [0.1, 0.15) is 0 Å². The van der Waals surface area contributed by atoms with Crippen LogP contribution >= 0.6 is 0 Å². The van der Waals surface area contributed by atoms with E-state index in [1.165, 1.54) is 76.7 Å². The van der Waals surface area contributed by atoms with Crippen molar-refractivity contribution in [2.75, 3.05) is 33.5 Å². The fourth-order valence-electron chi connectivity index (χ4n) is 2.13. The lowest BCUT2D eigenvalue weighted by atomic mass is 10.2. The van der Waals surface area contributed by atoms with E-state index in [0.717, 1.165) is 8.61 Å². The summed E-state index contributed by atoms with van der Waals surface area (Å²) in [6.45, 7) is 0. The Bertz CT molecular complexity index is 1040. The molecule has 0 aliphatic carbocycles. The molecule has 8 nitrogen and oxygen atoms in total. The number of sulfonamides is 2. The van der Waals surface area contributed by atoms with Gasteiger partial charge in [0.15, 0.2) is 0 Å². The molecule has 0 atom stereocenters. The number of nitrogens with zero attached hydrogens (tertiary/aromatic N) is 2. The average molecular weight is 412 g/mol. The van der Waals surface area contributed by atoms with Crippen molar-refractivity contribution in [1.29, 1.82) is 0 Å². The van der Waals surface area contributed by atoms with Crippen LogP contribution in [-0.2, 0) is 20.0 Å². The van der Waals surface area contributed by atoms with Crippen LogP contribution in [0.3, 0.4) is 0 Å². The molecule has 2 aromatic rings. The highest BCUT2D eigenvalue weighted by Crippen LogP contribution is 2.19. The highest BCUT2D eigenvalue weighted by Gasteiger charge is 2.19. The Hall–Kier alpha value is -2.27. The molecule has 2 aromatic carbocycles. The van der Waals surface area contributed by atoms with Gasteiger partial charge < -0.3 is 5.32 Å². The summed E-state index contributed by atoms with van der Waals surface area (Å²) in [5.74, 6) is -0.506. The van der Waals surface area contributed by atoms with Gasteiger partial charge in [-0.3, -0.25) is 4.79 Å². The Morgan fingerprint density at radius 3 is 1.81 bits per heavy atom. The van der Waals surface area contributed by atoms with Crippen LogP contribution < -0.4 is 5.32 Å². The van der Waals surface area contributed by atoms with Gasteiger partial charge in [-0.05, 0) is 42.5 Å². The summed E-state index contributed by atoms with van der Waals surface area (Å²) in [4.78, 5) is 12.5. The summed E-state index contributed by atoms with van der Waals surface area (Å²) in [5.41, 5.74) is 0.557. The third-order valence-electron chi connectivity index (χ3n) is 3.77. The van der Waals surface area contributed by atoms with Crippen LogP contribution in [0.15, 0.2) is 58.3 Å². The molecule has 146 valence electrons. The van der Waals surface area contributed by atoms with Crippen molar-refractivity contribution >= 4 is 31.6 Å². The maximum Gasteiger partial charge on any atom is 0.255 e. The van der Waals surface area contributed by atoms with E-state index in [-0.39, 0.29) is 15.4 Å². The van der Waals surface area contributed by atoms with Crippen molar-refractivity contribution in [2.45, 2.75) is 9.79 Å². The van der Waals surface area contributed by atoms with E-state index < -0.39 is 26.0 Å². The molecule has 0 fully saturated rings. The first kappa shape index (κ1) is 21.0. The van der Waals surface area contributed by atoms with Crippen LogP contribution in [0.1, 0.15) is 10.4 Å². The zero-order chi connectivity index (χ0) is 20.4. The monoisotopic (exact) mass is 411 g/mol. The zero-order valence-electron chi connectivity index (χ0n) is 15.4. The fraction of sp³-hybridized carbons (Fsp3) is 0.235. The number of carbonyl (C=O) groups excluding carboxylic acids is 1. The Kier molecular flexibility index (Phi) is 6.05. The van der Waals surface area contributed by atoms with Crippen molar-refractivity contribution in [3.05, 3.63) is 54.1 Å². The Morgan fingerprint density at radius 1 is 0.778 bits per heavy atom. The van der Waals surface area contributed by atoms with E-state index in [9.17, 15) is 21.6 Å². The molecular weight excluding hydrogens is 390 g/mol. The van der Waals surface area contributed by atoms with Gasteiger partial charge in [-0.2, -0.15) is 0 Å². The van der Waals surface area contributed by atoms with E-state index >= 15 is 0 Å². The van der Waals surface area contributed by atoms with Gasteiger partial charge in [-0.25, -0.2) is 25.4 Å². The number of carbonyl (C=O) groups is 1. The molecule has 0 heterocycles. The molecule has 0 unspecified atom stereocenters. The minimum absolute atomic E-state index is 0.00701. The highest BCUT2D eigenvalue weighted by atomic mass is 32.2. The van der Waals surface area contributed by atoms with Gasteiger partial charge >= 0.3 is 0 Å². The van der Waals surface area contributed by atoms with Crippen LogP contribution in [-0.4, -0.2) is 59.5 Å². The van der Waals surface area contributed by atoms with Gasteiger partial charge in [-0.15, -0.1) is 0 Å². The SMILES string of the molecule is CN(C)S(=O)(=O)c1ccc(NC(=O)c2cccc(S(=O)(=O)N(C)C)c2)cc1. The first-order chi connectivity index (χ1) is 12.5. The van der Waals surface area contributed by atoms with Crippen molar-refractivity contribution in [3.8, 4) is 0 Å². The molecule has 2 rings (SSSR count). The number of hydrogen-bond donors (Lipinski definition) is 1. The molecule has 27 heavy (non-hydrogen) atoms. The molecule has 0 aliphatic rings. The summed E-state index contributed by atoms with van der Waals surface area (Å²) in [6.07, 6.45) is 0. The molecule has 0 saturated carbocycles. The number of benzene rings is 2. The number of anilines is 1. The van der Waals surface area contributed by atoms with Crippen LogP contribution in [0.2, 0.25) is 0 Å². The van der Waals surface area contributed by atoms with Crippen LogP contribution in [0.25, 0.3) is 0 Å². The molecule has 1 N–H and O–H groups in total. The number of hydrogen-bond acceptors (Lipinski definition) is 5. The van der Waals surface area contributed by atoms with Crippen molar-refractivity contribution in [2.24, 2.45) is 0 Å². The van der Waals surface area contributed by atoms with Gasteiger partial charge in [0.25, 0.3) is 5.91 Å². The van der Waals surface area contributed by atoms with Gasteiger partial charge in [0.2, 0.25) is 20.0 Å². The maximum absolute atomic E-state index is 12.4. The topological polar surface area (TPSA) is 104 Å². The second-order valence-electron chi connectivity index (χ2n) is 6.08. The third-order valence-corrected chi connectivity index (χ3v) is 7.41. The normalized spacial score (nSPS) is 12.4. The maximum atomic E-state index is 12.4. The van der Waals surface area contributed by atoms with E-state index in [1.807, 2.05) is 0 Å². The number of amides is 1. The van der Waals surface area contributed by atoms with Crippen molar-refractivity contribution < 1.29 is 21.6 Å². The summed E-state index contributed by atoms with van der Waals surface area (Å²) in [7, 11) is -1.53. The standard InChI is InChI=1S/C17H21N3O5S2/c1-19(2)26(22,23)15-10-8-14(9-11-15)18-17(21)13-6-5-7-16(12-13)27(24,25)20(3)4/h5-12H,1-4H3,(H,18,21). The fourth-order valence-corrected chi connectivity index (χ4v) is 3.98. The third kappa shape index (κ3) is 4.53. The molecule has 0 bridgehead atoms. The van der Waals surface area contributed by atoms with Crippen LogP contribution in [0, 0.1) is 0 Å². The molecule has 0 aliphatic heterocycles. The Balaban J connectivity index is 2.24. The minimum atomic E-state index is -3.65. The molecule has 0 saturated heterocycles. The van der Waals surface area contributed by atoms with E-state index in [4.69, 9.17) is 0 Å². The molecule has 0 aromatic heterocycles. The molecule has 0 spiro atoms. The average Bonchev–Trinajstić information content (AvgIpc) is 2.62. The van der Waals surface area contributed by atoms with E-state index in [0.29, 0.717) is 5.69 Å². The van der Waals surface area contributed by atoms with E-state index in [1.54, 1.807) is 0 Å². The van der Waals surface area contributed by atoms with Gasteiger partial charge in [-0.1, -0.05) is 6.07 Å². The predicted molar refractivity (Wildman–Crippen MR) is 103 cm³/mol. The lowest BCUT2D eigenvalue weighted by molar-refractivity contribution is 0.102. The molecule has 0 radical (unpaired) electrons. The summed E-state index contributed by atoms with van der Waals surface area (Å²) in [6, 6.07) is 11.4. The van der Waals surface area contributed by atoms with Crippen molar-refractivity contribution in [1.82, 2.24) is 8.61 Å². The molecule has 1 amide bonds. The van der Waals surface area contributed by atoms with E-state index in [2.05, 4.69) is 5.32 Å². The lowest BCUT2D eigenvalue weighted by Gasteiger charge is -2.13. The summed E-state index contributed by atoms with van der Waals surface area (Å²) >= 11 is 0. The molecule has 10 heteroatoms. The Labute approximate surface area is 159 Å². The Morgan fingerprint density at radius 2 is 1.30 bits per heavy atom. The second kappa shape index (κ2) is 7.77.